The molecule has 0 saturated heterocycles. The molecule has 1 amide bonds. The van der Waals surface area contributed by atoms with Crippen LogP contribution < -0.4 is 15.4 Å². The number of nitrogens with one attached hydrogen (secondary N) is 2. The summed E-state index contributed by atoms with van der Waals surface area (Å²) in [6.45, 7) is 1.80. The van der Waals surface area contributed by atoms with Crippen molar-refractivity contribution in [3.8, 4) is 11.6 Å². The number of hydrogen-bond acceptors (Lipinski definition) is 6. The molecular formula is C22H19FN6O2. The number of ether oxygens (including phenoxy) is 1. The molecule has 0 spiro atoms. The fraction of sp³-hybridized carbons (Fsp3) is 0.0909. The number of hydrogen-bond donors (Lipinski definition) is 2. The minimum atomic E-state index is -0.593. The Balaban J connectivity index is 1.45. The van der Waals surface area contributed by atoms with Gasteiger partial charge in [-0.2, -0.15) is 5.10 Å². The van der Waals surface area contributed by atoms with Crippen LogP contribution in [0.5, 0.6) is 5.75 Å². The molecule has 0 aliphatic heterocycles. The van der Waals surface area contributed by atoms with Gasteiger partial charge in [0.05, 0.1) is 7.11 Å². The number of halogens is 1. The van der Waals surface area contributed by atoms with Crippen molar-refractivity contribution >= 4 is 23.1 Å². The number of benzene rings is 2. The number of aryl methyl sites for hydroxylation is 1. The van der Waals surface area contributed by atoms with E-state index in [1.807, 2.05) is 6.07 Å². The second-order valence-electron chi connectivity index (χ2n) is 6.62. The van der Waals surface area contributed by atoms with Gasteiger partial charge in [-0.25, -0.2) is 19.0 Å². The van der Waals surface area contributed by atoms with E-state index in [9.17, 15) is 9.18 Å². The summed E-state index contributed by atoms with van der Waals surface area (Å²) < 4.78 is 20.3. The maximum Gasteiger partial charge on any atom is 0.255 e. The van der Waals surface area contributed by atoms with Gasteiger partial charge >= 0.3 is 0 Å². The average molecular weight is 418 g/mol. The zero-order valence-corrected chi connectivity index (χ0v) is 16.8. The molecular weight excluding hydrogens is 399 g/mol. The minimum absolute atomic E-state index is 0.0858. The first-order chi connectivity index (χ1) is 15.0. The van der Waals surface area contributed by atoms with Crippen LogP contribution in [0.25, 0.3) is 5.82 Å². The summed E-state index contributed by atoms with van der Waals surface area (Å²) in [4.78, 5) is 21.1. The van der Waals surface area contributed by atoms with E-state index >= 15 is 0 Å². The van der Waals surface area contributed by atoms with E-state index in [0.717, 1.165) is 11.8 Å². The van der Waals surface area contributed by atoms with Gasteiger partial charge in [-0.05, 0) is 55.5 Å². The van der Waals surface area contributed by atoms with Gasteiger partial charge in [-0.15, -0.1) is 0 Å². The summed E-state index contributed by atoms with van der Waals surface area (Å²) in [6.07, 6.45) is 3.48. The molecule has 4 rings (SSSR count). The Morgan fingerprint density at radius 1 is 1.06 bits per heavy atom. The van der Waals surface area contributed by atoms with Crippen molar-refractivity contribution in [2.75, 3.05) is 17.7 Å². The Morgan fingerprint density at radius 3 is 2.52 bits per heavy atom. The number of anilines is 3. The van der Waals surface area contributed by atoms with Crippen molar-refractivity contribution in [1.82, 2.24) is 19.7 Å². The normalized spacial score (nSPS) is 10.5. The SMILES string of the molecule is COc1ccc(C(=O)Nc2ccc(Nc3cc(-n4cccn4)nc(C)n3)cc2)cc1F. The summed E-state index contributed by atoms with van der Waals surface area (Å²) in [5.74, 6) is 0.940. The molecule has 156 valence electrons. The minimum Gasteiger partial charge on any atom is -0.494 e. The van der Waals surface area contributed by atoms with Gasteiger partial charge in [0, 0.05) is 35.4 Å². The molecule has 0 bridgehead atoms. The van der Waals surface area contributed by atoms with Crippen LogP contribution in [0.2, 0.25) is 0 Å². The molecule has 0 radical (unpaired) electrons. The van der Waals surface area contributed by atoms with Crippen LogP contribution >= 0.6 is 0 Å². The van der Waals surface area contributed by atoms with Crippen molar-refractivity contribution in [2.24, 2.45) is 0 Å². The van der Waals surface area contributed by atoms with Gasteiger partial charge in [0.25, 0.3) is 5.91 Å². The average Bonchev–Trinajstić information content (AvgIpc) is 3.30. The monoisotopic (exact) mass is 418 g/mol. The quantitative estimate of drug-likeness (QED) is 0.489. The predicted molar refractivity (Wildman–Crippen MR) is 115 cm³/mol. The third kappa shape index (κ3) is 4.67. The zero-order valence-electron chi connectivity index (χ0n) is 16.8. The number of nitrogens with zero attached hydrogens (tertiary/aromatic N) is 4. The molecule has 4 aromatic rings. The highest BCUT2D eigenvalue weighted by Crippen LogP contribution is 2.21. The number of methoxy groups -OCH3 is 1. The van der Waals surface area contributed by atoms with E-state index in [1.165, 1.54) is 19.2 Å². The third-order valence-electron chi connectivity index (χ3n) is 4.39. The lowest BCUT2D eigenvalue weighted by Crippen LogP contribution is -2.12. The first kappa shape index (κ1) is 20.0. The lowest BCUT2D eigenvalue weighted by atomic mass is 10.2. The largest absolute Gasteiger partial charge is 0.494 e. The van der Waals surface area contributed by atoms with Crippen molar-refractivity contribution in [1.29, 1.82) is 0 Å². The first-order valence-electron chi connectivity index (χ1n) is 9.39. The van der Waals surface area contributed by atoms with Crippen LogP contribution in [0.3, 0.4) is 0 Å². The number of aromatic nitrogens is 4. The van der Waals surface area contributed by atoms with E-state index in [1.54, 1.807) is 54.3 Å². The highest BCUT2D eigenvalue weighted by molar-refractivity contribution is 6.04. The molecule has 0 aliphatic rings. The van der Waals surface area contributed by atoms with Crippen LogP contribution in [-0.4, -0.2) is 32.8 Å². The van der Waals surface area contributed by atoms with Crippen molar-refractivity contribution in [3.05, 3.63) is 84.2 Å². The van der Waals surface area contributed by atoms with E-state index in [-0.39, 0.29) is 11.3 Å². The molecule has 8 nitrogen and oxygen atoms in total. The second kappa shape index (κ2) is 8.62. The van der Waals surface area contributed by atoms with E-state index in [0.29, 0.717) is 23.1 Å². The van der Waals surface area contributed by atoms with E-state index in [4.69, 9.17) is 4.74 Å². The molecule has 31 heavy (non-hydrogen) atoms. The predicted octanol–water partition coefficient (Wildman–Crippen LogP) is 4.11. The van der Waals surface area contributed by atoms with Gasteiger partial charge in [0.15, 0.2) is 17.4 Å². The van der Waals surface area contributed by atoms with Gasteiger partial charge in [0.1, 0.15) is 11.6 Å². The zero-order chi connectivity index (χ0) is 21.8. The van der Waals surface area contributed by atoms with Gasteiger partial charge in [0.2, 0.25) is 0 Å². The number of amides is 1. The molecule has 2 aromatic heterocycles. The van der Waals surface area contributed by atoms with Gasteiger partial charge < -0.3 is 15.4 Å². The topological polar surface area (TPSA) is 94.0 Å². The Bertz CT molecular complexity index is 1210. The molecule has 2 aromatic carbocycles. The Morgan fingerprint density at radius 2 is 1.84 bits per heavy atom. The lowest BCUT2D eigenvalue weighted by molar-refractivity contribution is 0.102. The van der Waals surface area contributed by atoms with Crippen molar-refractivity contribution in [2.45, 2.75) is 6.92 Å². The van der Waals surface area contributed by atoms with Crippen LogP contribution in [-0.2, 0) is 0 Å². The molecule has 0 atom stereocenters. The van der Waals surface area contributed by atoms with Crippen molar-refractivity contribution < 1.29 is 13.9 Å². The third-order valence-corrected chi connectivity index (χ3v) is 4.39. The van der Waals surface area contributed by atoms with Crippen LogP contribution in [0, 0.1) is 12.7 Å². The highest BCUT2D eigenvalue weighted by Gasteiger charge is 2.11. The highest BCUT2D eigenvalue weighted by atomic mass is 19.1. The fourth-order valence-electron chi connectivity index (χ4n) is 2.93. The van der Waals surface area contributed by atoms with Crippen LogP contribution in [0.1, 0.15) is 16.2 Å². The molecule has 0 fully saturated rings. The summed E-state index contributed by atoms with van der Waals surface area (Å²) in [5, 5.41) is 10.1. The summed E-state index contributed by atoms with van der Waals surface area (Å²) in [7, 11) is 1.37. The number of carbonyl (C=O) groups is 1. The number of rotatable bonds is 6. The van der Waals surface area contributed by atoms with Crippen LogP contribution in [0.4, 0.5) is 21.6 Å². The Hall–Kier alpha value is -4.27. The molecule has 2 heterocycles. The summed E-state index contributed by atoms with van der Waals surface area (Å²) >= 11 is 0. The standard InChI is InChI=1S/C22H19FN6O2/c1-14-25-20(13-21(26-14)29-11-3-10-24-29)27-16-5-7-17(8-6-16)28-22(30)15-4-9-19(31-2)18(23)12-15/h3-13H,1-2H3,(H,28,30)(H,25,26,27). The fourth-order valence-corrected chi connectivity index (χ4v) is 2.93. The van der Waals surface area contributed by atoms with Gasteiger partial charge in [-0.1, -0.05) is 0 Å². The molecule has 0 unspecified atom stereocenters. The maximum atomic E-state index is 13.8. The van der Waals surface area contributed by atoms with Gasteiger partial charge in [-0.3, -0.25) is 4.79 Å². The maximum absolute atomic E-state index is 13.8. The number of carbonyl (C=O) groups excluding carboxylic acids is 1. The molecule has 2 N–H and O–H groups in total. The molecule has 0 saturated carbocycles. The second-order valence-corrected chi connectivity index (χ2v) is 6.62. The van der Waals surface area contributed by atoms with Crippen molar-refractivity contribution in [3.63, 3.8) is 0 Å². The molecule has 9 heteroatoms. The van der Waals surface area contributed by atoms with E-state index < -0.39 is 11.7 Å². The van der Waals surface area contributed by atoms with Crippen LogP contribution in [0.15, 0.2) is 67.0 Å². The Kier molecular flexibility index (Phi) is 5.57. The van der Waals surface area contributed by atoms with E-state index in [2.05, 4.69) is 25.7 Å². The Labute approximate surface area is 177 Å². The first-order valence-corrected chi connectivity index (χ1v) is 9.39. The molecule has 0 aliphatic carbocycles. The summed E-state index contributed by atoms with van der Waals surface area (Å²) in [5.41, 5.74) is 1.55. The smallest absolute Gasteiger partial charge is 0.255 e. The summed E-state index contributed by atoms with van der Waals surface area (Å²) in [6, 6.07) is 14.7. The lowest BCUT2D eigenvalue weighted by Gasteiger charge is -2.10.